The lowest BCUT2D eigenvalue weighted by atomic mass is 10.1. The summed E-state index contributed by atoms with van der Waals surface area (Å²) in [6.07, 6.45) is 0. The Morgan fingerprint density at radius 3 is 1.78 bits per heavy atom. The van der Waals surface area contributed by atoms with Crippen molar-refractivity contribution < 1.29 is 42.7 Å². The molecule has 0 atom stereocenters. The number of nitrogens with zero attached hydrogens (tertiary/aromatic N) is 2. The predicted octanol–water partition coefficient (Wildman–Crippen LogP) is 9.23. The average Bonchev–Trinajstić information content (AvgIpc) is 3.91. The molecule has 0 unspecified atom stereocenters. The lowest BCUT2D eigenvalue weighted by molar-refractivity contribution is 0.0597. The van der Waals surface area contributed by atoms with Gasteiger partial charge in [0.1, 0.15) is 16.9 Å². The van der Waals surface area contributed by atoms with E-state index in [4.69, 9.17) is 29.3 Å². The van der Waals surface area contributed by atoms with Crippen molar-refractivity contribution in [1.82, 2.24) is 10.1 Å². The molecule has 12 heteroatoms. The van der Waals surface area contributed by atoms with Crippen LogP contribution in [0, 0.1) is 41.5 Å². The third-order valence-corrected chi connectivity index (χ3v) is 8.74. The maximum absolute atomic E-state index is 11.1. The van der Waals surface area contributed by atoms with Gasteiger partial charge in [-0.1, -0.05) is 36.0 Å². The molecule has 0 saturated carbocycles. The highest BCUT2D eigenvalue weighted by Crippen LogP contribution is 2.32. The van der Waals surface area contributed by atoms with E-state index in [-0.39, 0.29) is 11.1 Å². The third kappa shape index (κ3) is 8.07. The molecular formula is C42H39N3O9. The molecule has 7 rings (SSSR count). The second kappa shape index (κ2) is 15.7. The van der Waals surface area contributed by atoms with Gasteiger partial charge >= 0.3 is 17.9 Å². The first-order chi connectivity index (χ1) is 25.6. The number of hydrogen-bond donors (Lipinski definition) is 3. The molecular weight excluding hydrogens is 690 g/mol. The van der Waals surface area contributed by atoms with Crippen LogP contribution in [-0.2, 0) is 4.74 Å². The summed E-state index contributed by atoms with van der Waals surface area (Å²) in [5.41, 5.74) is 14.9. The van der Waals surface area contributed by atoms with Crippen molar-refractivity contribution in [2.45, 2.75) is 41.5 Å². The summed E-state index contributed by atoms with van der Waals surface area (Å²) in [6, 6.07) is 21.2. The summed E-state index contributed by atoms with van der Waals surface area (Å²) in [7, 11) is 1.28. The number of methoxy groups -OCH3 is 1. The highest BCUT2D eigenvalue weighted by Gasteiger charge is 2.18. The number of aromatic carboxylic acids is 2. The Balaban J connectivity index is 0.000000170. The summed E-state index contributed by atoms with van der Waals surface area (Å²) in [5, 5.41) is 24.0. The van der Waals surface area contributed by atoms with Crippen molar-refractivity contribution in [3.63, 3.8) is 0 Å². The molecule has 0 amide bonds. The highest BCUT2D eigenvalue weighted by atomic mass is 16.5. The second-order valence-electron chi connectivity index (χ2n) is 12.7. The molecule has 54 heavy (non-hydrogen) atoms. The van der Waals surface area contributed by atoms with Crippen LogP contribution < -0.4 is 5.73 Å². The van der Waals surface area contributed by atoms with Gasteiger partial charge in [0.05, 0.1) is 29.5 Å². The highest BCUT2D eigenvalue weighted by molar-refractivity contribution is 5.94. The van der Waals surface area contributed by atoms with Crippen LogP contribution in [0.5, 0.6) is 0 Å². The SMILES string of the molecule is C=C(N)c1cc2c(C)ccc(C)c2o1.COC(=O)c1ccc(C(=O)O)cc1C.Cc1cc(-c2nc(-c3cc4c(C)ccc(C)c4o3)no2)ccc1C(=O)O. The summed E-state index contributed by atoms with van der Waals surface area (Å²) < 4.78 is 21.4. The molecule has 12 nitrogen and oxygen atoms in total. The van der Waals surface area contributed by atoms with E-state index in [1.54, 1.807) is 26.0 Å². The first kappa shape index (κ1) is 38.3. The van der Waals surface area contributed by atoms with E-state index >= 15 is 0 Å². The quantitative estimate of drug-likeness (QED) is 0.138. The number of nitrogens with two attached hydrogens (primary N) is 1. The van der Waals surface area contributed by atoms with Gasteiger partial charge in [-0.3, -0.25) is 0 Å². The lowest BCUT2D eigenvalue weighted by Gasteiger charge is -2.03. The molecule has 4 N–H and O–H groups in total. The number of fused-ring (bicyclic) bond motifs is 2. The Labute approximate surface area is 310 Å². The topological polar surface area (TPSA) is 192 Å². The number of rotatable bonds is 6. The van der Waals surface area contributed by atoms with Crippen molar-refractivity contribution in [3.05, 3.63) is 135 Å². The van der Waals surface area contributed by atoms with Crippen molar-refractivity contribution in [1.29, 1.82) is 0 Å². The number of ether oxygens (including phenoxy) is 1. The Hall–Kier alpha value is -6.95. The number of carbonyl (C=O) groups excluding carboxylic acids is 1. The van der Waals surface area contributed by atoms with Gasteiger partial charge in [-0.15, -0.1) is 0 Å². The number of aryl methyl sites for hydroxylation is 6. The maximum Gasteiger partial charge on any atom is 0.338 e. The minimum absolute atomic E-state index is 0.162. The van der Waals surface area contributed by atoms with E-state index in [1.807, 2.05) is 51.1 Å². The molecule has 0 aliphatic rings. The van der Waals surface area contributed by atoms with E-state index < -0.39 is 17.9 Å². The van der Waals surface area contributed by atoms with E-state index in [9.17, 15) is 14.4 Å². The molecule has 0 fully saturated rings. The van der Waals surface area contributed by atoms with Crippen LogP contribution in [0.1, 0.15) is 70.2 Å². The van der Waals surface area contributed by atoms with Crippen LogP contribution >= 0.6 is 0 Å². The molecule has 7 aromatic rings. The monoisotopic (exact) mass is 729 g/mol. The van der Waals surface area contributed by atoms with Gasteiger partial charge in [0.15, 0.2) is 5.76 Å². The van der Waals surface area contributed by atoms with E-state index in [2.05, 4.69) is 34.4 Å². The first-order valence-electron chi connectivity index (χ1n) is 16.6. The number of furan rings is 2. The largest absolute Gasteiger partial charge is 0.478 e. The van der Waals surface area contributed by atoms with Crippen LogP contribution in [0.2, 0.25) is 0 Å². The normalized spacial score (nSPS) is 10.6. The van der Waals surface area contributed by atoms with E-state index in [0.717, 1.165) is 38.6 Å². The molecule has 0 aliphatic heterocycles. The molecule has 0 aliphatic carbocycles. The molecule has 276 valence electrons. The molecule has 0 saturated heterocycles. The standard InChI is InChI=1S/C20H16N2O4.C12H13NO.C10H10O4/c1-10-4-5-11(2)17-15(10)9-16(25-17)18-21-19(26-22-18)13-6-7-14(20(23)24)12(3)8-13;1-7-4-5-8(2)12-10(7)6-11(14-12)9(3)13;1-6-5-7(9(11)12)3-4-8(6)10(13)14-2/h4-9H,1-3H3,(H,23,24);4-6H,3,13H2,1-2H3;3-5H,1-2H3,(H,11,12). The minimum atomic E-state index is -1.01. The van der Waals surface area contributed by atoms with Gasteiger partial charge in [0.25, 0.3) is 5.89 Å². The zero-order valence-corrected chi connectivity index (χ0v) is 30.9. The molecule has 0 bridgehead atoms. The smallest absolute Gasteiger partial charge is 0.338 e. The van der Waals surface area contributed by atoms with Gasteiger partial charge in [-0.25, -0.2) is 14.4 Å². The second-order valence-corrected chi connectivity index (χ2v) is 12.7. The Kier molecular flexibility index (Phi) is 11.2. The fourth-order valence-corrected chi connectivity index (χ4v) is 5.67. The number of carbonyl (C=O) groups is 3. The van der Waals surface area contributed by atoms with Crippen LogP contribution in [0.15, 0.2) is 92.7 Å². The maximum atomic E-state index is 11.1. The van der Waals surface area contributed by atoms with Crippen LogP contribution in [0.3, 0.4) is 0 Å². The van der Waals surface area contributed by atoms with Gasteiger partial charge in [0.2, 0.25) is 5.82 Å². The molecule has 0 spiro atoms. The van der Waals surface area contributed by atoms with Crippen LogP contribution in [0.25, 0.3) is 50.7 Å². The van der Waals surface area contributed by atoms with Gasteiger partial charge in [-0.05, 0) is 123 Å². The van der Waals surface area contributed by atoms with Crippen molar-refractivity contribution in [2.75, 3.05) is 7.11 Å². The zero-order chi connectivity index (χ0) is 39.4. The Morgan fingerprint density at radius 1 is 0.685 bits per heavy atom. The van der Waals surface area contributed by atoms with Crippen molar-refractivity contribution in [3.8, 4) is 23.0 Å². The van der Waals surface area contributed by atoms with Crippen molar-refractivity contribution in [2.24, 2.45) is 5.73 Å². The molecule has 3 aromatic heterocycles. The molecule has 4 aromatic carbocycles. The molecule has 3 heterocycles. The Morgan fingerprint density at radius 2 is 1.26 bits per heavy atom. The number of esters is 1. The van der Waals surface area contributed by atoms with Gasteiger partial charge in [0, 0.05) is 16.3 Å². The van der Waals surface area contributed by atoms with Crippen LogP contribution in [0.4, 0.5) is 0 Å². The van der Waals surface area contributed by atoms with Gasteiger partial charge < -0.3 is 34.0 Å². The summed E-state index contributed by atoms with van der Waals surface area (Å²) >= 11 is 0. The van der Waals surface area contributed by atoms with Crippen LogP contribution in [-0.4, -0.2) is 45.4 Å². The van der Waals surface area contributed by atoms with E-state index in [0.29, 0.717) is 51.2 Å². The number of benzene rings is 4. The third-order valence-electron chi connectivity index (χ3n) is 8.74. The number of hydrogen-bond acceptors (Lipinski definition) is 10. The summed E-state index contributed by atoms with van der Waals surface area (Å²) in [6.45, 7) is 15.2. The molecule has 0 radical (unpaired) electrons. The Bertz CT molecular complexity index is 2490. The number of carboxylic acids is 2. The van der Waals surface area contributed by atoms with E-state index in [1.165, 1.54) is 36.9 Å². The fraction of sp³-hybridized carbons (Fsp3) is 0.167. The minimum Gasteiger partial charge on any atom is -0.478 e. The first-order valence-corrected chi connectivity index (χ1v) is 16.6. The van der Waals surface area contributed by atoms with Crippen molar-refractivity contribution >= 4 is 45.5 Å². The summed E-state index contributed by atoms with van der Waals surface area (Å²) in [5.74, 6) is -0.565. The van der Waals surface area contributed by atoms with Gasteiger partial charge in [-0.2, -0.15) is 4.98 Å². The number of aromatic nitrogens is 2. The number of carboxylic acid groups (broad SMARTS) is 2. The average molecular weight is 730 g/mol. The summed E-state index contributed by atoms with van der Waals surface area (Å²) in [4.78, 5) is 37.3. The lowest BCUT2D eigenvalue weighted by Crippen LogP contribution is -2.05. The zero-order valence-electron chi connectivity index (χ0n) is 30.9. The predicted molar refractivity (Wildman–Crippen MR) is 204 cm³/mol. The fourth-order valence-electron chi connectivity index (χ4n) is 5.67.